The molecule has 24 heavy (non-hydrogen) atoms. The molecule has 2 aromatic carbocycles. The summed E-state index contributed by atoms with van der Waals surface area (Å²) in [6.45, 7) is 4.94. The first-order chi connectivity index (χ1) is 11.0. The molecule has 0 bridgehead atoms. The maximum absolute atomic E-state index is 2.80. The van der Waals surface area contributed by atoms with Crippen LogP contribution < -0.4 is 9.73 Å². The van der Waals surface area contributed by atoms with Crippen LogP contribution in [0.25, 0.3) is 0 Å². The summed E-state index contributed by atoms with van der Waals surface area (Å²) in [6.07, 6.45) is 0. The van der Waals surface area contributed by atoms with Gasteiger partial charge in [-0.2, -0.15) is 0 Å². The fraction of sp³-hybridized carbons (Fsp3) is 0.200. The van der Waals surface area contributed by atoms with E-state index in [1.165, 1.54) is 0 Å². The van der Waals surface area contributed by atoms with Gasteiger partial charge in [-0.05, 0) is 0 Å². The van der Waals surface area contributed by atoms with E-state index < -0.39 is 0 Å². The van der Waals surface area contributed by atoms with E-state index in [9.17, 15) is 0 Å². The molecule has 0 aliphatic rings. The number of anilines is 2. The Morgan fingerprint density at radius 3 is 0.875 bits per heavy atom. The fourth-order valence-corrected chi connectivity index (χ4v) is 65.8. The third-order valence-corrected chi connectivity index (χ3v) is 119. The Morgan fingerprint density at radius 1 is 0.458 bits per heavy atom. The summed E-state index contributed by atoms with van der Waals surface area (Å²) in [4.78, 5) is 2.80. The van der Waals surface area contributed by atoms with E-state index in [-0.39, 0.29) is 0 Å². The van der Waals surface area contributed by atoms with Gasteiger partial charge in [0.1, 0.15) is 0 Å². The molecule has 2 aromatic rings. The van der Waals surface area contributed by atoms with Gasteiger partial charge < -0.3 is 0 Å². The van der Waals surface area contributed by atoms with Gasteiger partial charge in [-0.3, -0.25) is 0 Å². The fourth-order valence-electron chi connectivity index (χ4n) is 4.08. The molecule has 0 aliphatic heterocycles. The zero-order valence-corrected chi connectivity index (χ0v) is 83.2. The van der Waals surface area contributed by atoms with Crippen molar-refractivity contribution in [2.45, 2.75) is 13.8 Å². The molecule has 0 saturated heterocycles. The third-order valence-electron chi connectivity index (χ3n) is 6.59. The van der Waals surface area contributed by atoms with E-state index in [0.717, 1.165) is 0 Å². The van der Waals surface area contributed by atoms with Gasteiger partial charge in [-0.25, -0.2) is 0 Å². The van der Waals surface area contributed by atoms with Crippen molar-refractivity contribution in [3.8, 4) is 0 Å². The van der Waals surface area contributed by atoms with E-state index >= 15 is 0 Å². The van der Waals surface area contributed by atoms with Crippen LogP contribution in [0.4, 0.5) is 11.4 Å². The average Bonchev–Trinajstić information content (AvgIpc) is 2.55. The summed E-state index contributed by atoms with van der Waals surface area (Å²) in [5.74, 6) is 0. The molecule has 0 amide bonds. The Bertz CT molecular complexity index is 719. The molecule has 0 heterocycles. The minimum atomic E-state index is 0.478. The Labute approximate surface area is 379 Å². The van der Waals surface area contributed by atoms with E-state index in [1.54, 1.807) is 11.1 Å². The van der Waals surface area contributed by atoms with Crippen LogP contribution in [0.3, 0.4) is 0 Å². The van der Waals surface area contributed by atoms with Gasteiger partial charge in [0.2, 0.25) is 0 Å². The standard InChI is InChI=1S/C15H9N.8Ra.8H/c1-12-4-8-14(9-5-12)16(3)15-10-6-13(2)7-11-15;;;;;;;;;;;;;;;;/h1-3H3;;;;;;;;;;;;;;;;. The Balaban J connectivity index is 2.84. The predicted molar refractivity (Wildman–Crippen MR) is 78.7 cm³/mol. The van der Waals surface area contributed by atoms with E-state index in [2.05, 4.69) is 25.8 Å². The monoisotopic (exact) mass is 2020 g/mol. The molecule has 0 unspecified atom stereocenters. The first kappa shape index (κ1) is 30.2. The summed E-state index contributed by atoms with van der Waals surface area (Å²) >= 11 is 3.97. The van der Waals surface area contributed by atoms with Gasteiger partial charge in [-0.15, -0.1) is 0 Å². The van der Waals surface area contributed by atoms with Gasteiger partial charge >= 0.3 is 395 Å². The molecule has 0 aromatic heterocycles. The molecule has 0 radical (unpaired) electrons. The molecule has 2 rings (SSSR count). The van der Waals surface area contributed by atoms with Crippen molar-refractivity contribution in [1.82, 2.24) is 0 Å². The Hall–Kier alpha value is 9.98. The van der Waals surface area contributed by atoms with Gasteiger partial charge in [0.25, 0.3) is 0 Å². The average molecular weight is 2020 g/mol. The van der Waals surface area contributed by atoms with Crippen LogP contribution in [-0.4, -0.2) is 7.05 Å². The summed E-state index contributed by atoms with van der Waals surface area (Å²) in [5, 5.41) is 0. The molecule has 9 heteroatoms. The molecule has 0 spiro atoms. The van der Waals surface area contributed by atoms with E-state index in [0.29, 0.717) is 342 Å². The first-order valence-electron chi connectivity index (χ1n) is 8.89. The van der Waals surface area contributed by atoms with Crippen LogP contribution in [0.1, 0.15) is 11.1 Å². The van der Waals surface area contributed by atoms with Crippen LogP contribution in [0.15, 0.2) is 0 Å². The summed E-state index contributed by atoms with van der Waals surface area (Å²) in [6, 6.07) is 0. The first-order valence-corrected chi connectivity index (χ1v) is 41.8. The van der Waals surface area contributed by atoms with Crippen molar-refractivity contribution in [2.75, 3.05) is 11.9 Å². The van der Waals surface area contributed by atoms with Crippen molar-refractivity contribution in [3.05, 3.63) is 11.1 Å². The van der Waals surface area contributed by atoms with Gasteiger partial charge in [0, 0.05) is 0 Å². The molecule has 0 aliphatic carbocycles. The van der Waals surface area contributed by atoms with Gasteiger partial charge in [-0.1, -0.05) is 0 Å². The predicted octanol–water partition coefficient (Wildman–Crippen LogP) is -4.67. The molecule has 0 saturated carbocycles. The quantitative estimate of drug-likeness (QED) is 0.293. The summed E-state index contributed by atoms with van der Waals surface area (Å²) in [7, 11) is 2.48. The maximum atomic E-state index is 2.80. The number of benzene rings is 2. The number of hydrogen-bond donors (Lipinski definition) is 0. The van der Waals surface area contributed by atoms with Crippen molar-refractivity contribution in [2.24, 2.45) is 0 Å². The van der Waals surface area contributed by atoms with Crippen LogP contribution >= 0.6 is 0 Å². The number of hydrogen-bond acceptors (Lipinski definition) is 1. The topological polar surface area (TPSA) is 3.24 Å². The molecule has 1 nitrogen and oxygen atoms in total. The van der Waals surface area contributed by atoms with Crippen LogP contribution in [-0.2, 0) is 0 Å². The Kier molecular flexibility index (Phi) is 17.7. The SMILES string of the molecule is Cc1[c]([RaH])[c]([RaH])c(N(C)c2[c]([RaH])[c]([RaH])c(C)[c]([RaH])[c]2[RaH])[c]([RaH])[c]1[RaH]. The zero-order chi connectivity index (χ0) is 18.5. The van der Waals surface area contributed by atoms with Crippen molar-refractivity contribution < 1.29 is 342 Å². The number of rotatable bonds is 2. The summed E-state index contributed by atoms with van der Waals surface area (Å²) < 4.78 is 15.3. The number of nitrogens with zero attached hydrogens (tertiary/aromatic N) is 1. The van der Waals surface area contributed by atoms with E-state index in [4.69, 9.17) is 0 Å². The Morgan fingerprint density at radius 2 is 0.667 bits per heavy atom. The molecular formula is C15H17NRa8. The van der Waals surface area contributed by atoms with Gasteiger partial charge in [0.15, 0.2) is 0 Å². The molecule has 98 valence electrons. The second-order valence-corrected chi connectivity index (χ2v) is 40.4. The van der Waals surface area contributed by atoms with Crippen molar-refractivity contribution in [1.29, 1.82) is 0 Å². The van der Waals surface area contributed by atoms with Crippen LogP contribution in [0, 0.1) is 356 Å². The zero-order valence-electron chi connectivity index (χ0n) is 17.4. The van der Waals surface area contributed by atoms with Crippen molar-refractivity contribution in [3.63, 3.8) is 0 Å². The molecule has 0 N–H and O–H groups in total. The second-order valence-electron chi connectivity index (χ2n) is 7.51. The molecular weight excluding hydrogens is 2000 g/mol. The van der Waals surface area contributed by atoms with Crippen LogP contribution in [0.5, 0.6) is 0 Å². The molecule has 0 fully saturated rings. The minimum absolute atomic E-state index is 0.478. The van der Waals surface area contributed by atoms with Gasteiger partial charge in [0.05, 0.1) is 0 Å². The summed E-state index contributed by atoms with van der Waals surface area (Å²) in [5.41, 5.74) is 7.20. The molecule has 0 atom stereocenters. The second kappa shape index (κ2) is 14.1. The van der Waals surface area contributed by atoms with Crippen molar-refractivity contribution >= 4 is 16.2 Å². The van der Waals surface area contributed by atoms with Crippen LogP contribution in [0.2, 0.25) is 0 Å². The third kappa shape index (κ3) is 7.05. The normalized spacial score (nSPS) is 10.5. The van der Waals surface area contributed by atoms with E-state index in [1.807, 2.05) is 16.2 Å².